The molecule has 2 unspecified atom stereocenters. The number of hydrogen-bond donors (Lipinski definition) is 3. The first-order valence-corrected chi connectivity index (χ1v) is 6.99. The minimum atomic E-state index is -1.24. The standard InChI is InChI=1S/C13H17BrO6/c1-19-9-5-7(13(17)18)6-10(20-2)11(9)12(16)8(15)3-4-14/h5-6,8,12,15-16H,3-4H2,1-2H3,(H,17,18). The summed E-state index contributed by atoms with van der Waals surface area (Å²) < 4.78 is 10.2. The molecule has 0 aliphatic carbocycles. The maximum atomic E-state index is 11.0. The van der Waals surface area contributed by atoms with Crippen molar-refractivity contribution in [1.82, 2.24) is 0 Å². The molecule has 0 saturated heterocycles. The lowest BCUT2D eigenvalue weighted by Crippen LogP contribution is -2.20. The summed E-state index contributed by atoms with van der Waals surface area (Å²) in [6, 6.07) is 2.56. The van der Waals surface area contributed by atoms with Crippen molar-refractivity contribution in [3.8, 4) is 11.5 Å². The van der Waals surface area contributed by atoms with Crippen LogP contribution in [-0.4, -0.2) is 46.9 Å². The van der Waals surface area contributed by atoms with E-state index in [1.807, 2.05) is 0 Å². The number of benzene rings is 1. The Morgan fingerprint density at radius 1 is 1.25 bits per heavy atom. The molecule has 0 amide bonds. The maximum Gasteiger partial charge on any atom is 0.335 e. The molecule has 3 N–H and O–H groups in total. The lowest BCUT2D eigenvalue weighted by Gasteiger charge is -2.22. The van der Waals surface area contributed by atoms with Crippen molar-refractivity contribution in [2.24, 2.45) is 0 Å². The molecule has 1 aromatic rings. The lowest BCUT2D eigenvalue weighted by atomic mass is 9.98. The molecule has 20 heavy (non-hydrogen) atoms. The summed E-state index contributed by atoms with van der Waals surface area (Å²) in [5, 5.41) is 29.6. The summed E-state index contributed by atoms with van der Waals surface area (Å²) in [7, 11) is 2.71. The van der Waals surface area contributed by atoms with E-state index in [1.165, 1.54) is 26.4 Å². The van der Waals surface area contributed by atoms with Crippen LogP contribution in [0.2, 0.25) is 0 Å². The van der Waals surface area contributed by atoms with Gasteiger partial charge in [-0.05, 0) is 18.6 Å². The minimum absolute atomic E-state index is 0.0235. The Morgan fingerprint density at radius 3 is 2.10 bits per heavy atom. The Morgan fingerprint density at radius 2 is 1.75 bits per heavy atom. The van der Waals surface area contributed by atoms with Crippen LogP contribution in [0.25, 0.3) is 0 Å². The van der Waals surface area contributed by atoms with Gasteiger partial charge in [0.15, 0.2) is 0 Å². The van der Waals surface area contributed by atoms with Crippen molar-refractivity contribution >= 4 is 21.9 Å². The first-order chi connectivity index (χ1) is 9.46. The largest absolute Gasteiger partial charge is 0.496 e. The van der Waals surface area contributed by atoms with Crippen molar-refractivity contribution in [2.75, 3.05) is 19.5 Å². The van der Waals surface area contributed by atoms with Crippen LogP contribution in [0.5, 0.6) is 11.5 Å². The van der Waals surface area contributed by atoms with Crippen molar-refractivity contribution in [2.45, 2.75) is 18.6 Å². The quantitative estimate of drug-likeness (QED) is 0.647. The summed E-state index contributed by atoms with van der Waals surface area (Å²) >= 11 is 3.18. The third-order valence-corrected chi connectivity index (χ3v) is 3.31. The van der Waals surface area contributed by atoms with E-state index in [-0.39, 0.29) is 22.6 Å². The molecule has 0 fully saturated rings. The average molecular weight is 349 g/mol. The number of rotatable bonds is 7. The summed E-state index contributed by atoms with van der Waals surface area (Å²) in [6.07, 6.45) is -1.93. The molecule has 112 valence electrons. The topological polar surface area (TPSA) is 96.2 Å². The van der Waals surface area contributed by atoms with Crippen molar-refractivity contribution in [3.05, 3.63) is 23.3 Å². The molecular weight excluding hydrogens is 332 g/mol. The van der Waals surface area contributed by atoms with Gasteiger partial charge in [-0.15, -0.1) is 0 Å². The fourth-order valence-electron chi connectivity index (χ4n) is 1.82. The number of carboxylic acid groups (broad SMARTS) is 1. The molecular formula is C13H17BrO6. The summed E-state index contributed by atoms with van der Waals surface area (Å²) in [5.74, 6) is -0.825. The van der Waals surface area contributed by atoms with Crippen LogP contribution in [-0.2, 0) is 0 Å². The monoisotopic (exact) mass is 348 g/mol. The van der Waals surface area contributed by atoms with Gasteiger partial charge in [-0.2, -0.15) is 0 Å². The Balaban J connectivity index is 3.32. The van der Waals surface area contributed by atoms with Crippen LogP contribution in [0.4, 0.5) is 0 Å². The second-order valence-electron chi connectivity index (χ2n) is 4.09. The van der Waals surface area contributed by atoms with Gasteiger partial charge in [0.1, 0.15) is 17.6 Å². The van der Waals surface area contributed by atoms with Crippen LogP contribution < -0.4 is 9.47 Å². The normalized spacial score (nSPS) is 13.7. The Bertz CT molecular complexity index is 451. The molecule has 0 aliphatic heterocycles. The highest BCUT2D eigenvalue weighted by Gasteiger charge is 2.27. The first-order valence-electron chi connectivity index (χ1n) is 5.87. The molecule has 7 heteroatoms. The molecule has 0 aromatic heterocycles. The zero-order valence-corrected chi connectivity index (χ0v) is 12.8. The van der Waals surface area contributed by atoms with Crippen LogP contribution in [0.15, 0.2) is 12.1 Å². The van der Waals surface area contributed by atoms with E-state index >= 15 is 0 Å². The molecule has 1 aromatic carbocycles. The Labute approximate surface area is 125 Å². The molecule has 1 rings (SSSR count). The van der Waals surface area contributed by atoms with Crippen LogP contribution in [0.1, 0.15) is 28.4 Å². The Hall–Kier alpha value is -1.31. The number of halogens is 1. The molecule has 0 aliphatic rings. The van der Waals surface area contributed by atoms with E-state index in [0.29, 0.717) is 11.8 Å². The molecule has 0 bridgehead atoms. The Kier molecular flexibility index (Phi) is 6.25. The molecule has 0 spiro atoms. The smallest absolute Gasteiger partial charge is 0.335 e. The fraction of sp³-hybridized carbons (Fsp3) is 0.462. The number of aromatic carboxylic acids is 1. The highest BCUT2D eigenvalue weighted by Crippen LogP contribution is 2.37. The number of alkyl halides is 1. The molecule has 0 radical (unpaired) electrons. The first kappa shape index (κ1) is 16.7. The minimum Gasteiger partial charge on any atom is -0.496 e. The summed E-state index contributed by atoms with van der Waals surface area (Å²) in [4.78, 5) is 11.0. The predicted molar refractivity (Wildman–Crippen MR) is 75.9 cm³/mol. The SMILES string of the molecule is COc1cc(C(=O)O)cc(OC)c1C(O)C(O)CCBr. The van der Waals surface area contributed by atoms with Gasteiger partial charge < -0.3 is 24.8 Å². The van der Waals surface area contributed by atoms with Gasteiger partial charge in [0.2, 0.25) is 0 Å². The van der Waals surface area contributed by atoms with Crippen molar-refractivity contribution < 1.29 is 29.6 Å². The number of aliphatic hydroxyl groups excluding tert-OH is 2. The van der Waals surface area contributed by atoms with Crippen LogP contribution in [0, 0.1) is 0 Å². The zero-order valence-electron chi connectivity index (χ0n) is 11.2. The summed E-state index contributed by atoms with van der Waals surface area (Å²) in [5.41, 5.74) is 0.207. The van der Waals surface area contributed by atoms with E-state index in [2.05, 4.69) is 15.9 Å². The van der Waals surface area contributed by atoms with Gasteiger partial charge in [0, 0.05) is 5.33 Å². The number of ether oxygens (including phenoxy) is 2. The number of carbonyl (C=O) groups is 1. The van der Waals surface area contributed by atoms with Gasteiger partial charge in [0.25, 0.3) is 0 Å². The van der Waals surface area contributed by atoms with Gasteiger partial charge in [-0.25, -0.2) is 4.79 Å². The van der Waals surface area contributed by atoms with Gasteiger partial charge >= 0.3 is 5.97 Å². The number of methoxy groups -OCH3 is 2. The van der Waals surface area contributed by atoms with E-state index in [1.54, 1.807) is 0 Å². The van der Waals surface area contributed by atoms with Gasteiger partial charge in [-0.1, -0.05) is 15.9 Å². The highest BCUT2D eigenvalue weighted by atomic mass is 79.9. The van der Waals surface area contributed by atoms with Crippen LogP contribution in [0.3, 0.4) is 0 Å². The molecule has 0 heterocycles. The lowest BCUT2D eigenvalue weighted by molar-refractivity contribution is 0.0146. The third-order valence-electron chi connectivity index (χ3n) is 2.86. The number of hydrogen-bond acceptors (Lipinski definition) is 5. The van der Waals surface area contributed by atoms with E-state index < -0.39 is 18.2 Å². The number of carboxylic acids is 1. The van der Waals surface area contributed by atoms with E-state index in [0.717, 1.165) is 0 Å². The molecule has 6 nitrogen and oxygen atoms in total. The second-order valence-corrected chi connectivity index (χ2v) is 4.88. The third kappa shape index (κ3) is 3.62. The maximum absolute atomic E-state index is 11.0. The number of aliphatic hydroxyl groups is 2. The van der Waals surface area contributed by atoms with Gasteiger partial charge in [0.05, 0.1) is 31.5 Å². The summed E-state index contributed by atoms with van der Waals surface area (Å²) in [6.45, 7) is 0. The highest BCUT2D eigenvalue weighted by molar-refractivity contribution is 9.09. The van der Waals surface area contributed by atoms with Crippen molar-refractivity contribution in [1.29, 1.82) is 0 Å². The van der Waals surface area contributed by atoms with E-state index in [4.69, 9.17) is 14.6 Å². The van der Waals surface area contributed by atoms with Crippen LogP contribution >= 0.6 is 15.9 Å². The second kappa shape index (κ2) is 7.47. The predicted octanol–water partition coefficient (Wildman–Crippen LogP) is 1.58. The molecule has 0 saturated carbocycles. The average Bonchev–Trinajstić information content (AvgIpc) is 2.44. The molecule has 2 atom stereocenters. The fourth-order valence-corrected chi connectivity index (χ4v) is 2.28. The van der Waals surface area contributed by atoms with Gasteiger partial charge in [-0.3, -0.25) is 0 Å². The zero-order chi connectivity index (χ0) is 15.3. The van der Waals surface area contributed by atoms with Crippen molar-refractivity contribution in [3.63, 3.8) is 0 Å². The van der Waals surface area contributed by atoms with E-state index in [9.17, 15) is 15.0 Å².